The molecule has 0 saturated carbocycles. The molecule has 1 saturated heterocycles. The minimum Gasteiger partial charge on any atom is -0.316 e. The van der Waals surface area contributed by atoms with E-state index in [4.69, 9.17) is 11.6 Å². The zero-order valence-corrected chi connectivity index (χ0v) is 13.3. The van der Waals surface area contributed by atoms with Gasteiger partial charge in [-0.1, -0.05) is 17.7 Å². The zero-order valence-electron chi connectivity index (χ0n) is 11.8. The Bertz CT molecular complexity index is 569. The van der Waals surface area contributed by atoms with Gasteiger partial charge in [0.1, 0.15) is 0 Å². The standard InChI is InChI=1S/C13H20ClN3O2S/c1-15-10-11-3-4-12(9-13(11)14)20(18,19)17-7-5-16(2)6-8-17/h3-4,9,15H,5-8,10H2,1-2H3. The highest BCUT2D eigenvalue weighted by molar-refractivity contribution is 7.89. The molecule has 0 spiro atoms. The molecule has 1 aliphatic heterocycles. The molecule has 0 amide bonds. The maximum absolute atomic E-state index is 12.5. The van der Waals surface area contributed by atoms with Crippen LogP contribution in [0.15, 0.2) is 23.1 Å². The van der Waals surface area contributed by atoms with Crippen molar-refractivity contribution in [2.45, 2.75) is 11.4 Å². The summed E-state index contributed by atoms with van der Waals surface area (Å²) in [6.45, 7) is 3.17. The van der Waals surface area contributed by atoms with Gasteiger partial charge in [-0.3, -0.25) is 0 Å². The number of nitrogens with zero attached hydrogens (tertiary/aromatic N) is 2. The van der Waals surface area contributed by atoms with Crippen LogP contribution in [0, 0.1) is 0 Å². The molecule has 5 nitrogen and oxygen atoms in total. The first-order chi connectivity index (χ1) is 9.45. The van der Waals surface area contributed by atoms with Crippen molar-refractivity contribution >= 4 is 21.6 Å². The van der Waals surface area contributed by atoms with Crippen LogP contribution < -0.4 is 5.32 Å². The van der Waals surface area contributed by atoms with Crippen molar-refractivity contribution in [1.29, 1.82) is 0 Å². The average molecular weight is 318 g/mol. The Hall–Kier alpha value is -0.660. The molecule has 0 aromatic heterocycles. The van der Waals surface area contributed by atoms with Crippen LogP contribution in [0.4, 0.5) is 0 Å². The molecule has 20 heavy (non-hydrogen) atoms. The van der Waals surface area contributed by atoms with Crippen LogP contribution in [-0.2, 0) is 16.6 Å². The number of sulfonamides is 1. The molecule has 2 rings (SSSR count). The molecule has 112 valence electrons. The third-order valence-corrected chi connectivity index (χ3v) is 5.74. The molecule has 1 aliphatic rings. The van der Waals surface area contributed by atoms with E-state index < -0.39 is 10.0 Å². The highest BCUT2D eigenvalue weighted by atomic mass is 35.5. The van der Waals surface area contributed by atoms with Gasteiger partial charge in [-0.15, -0.1) is 0 Å². The van der Waals surface area contributed by atoms with Crippen molar-refractivity contribution in [2.24, 2.45) is 0 Å². The monoisotopic (exact) mass is 317 g/mol. The Labute approximate surface area is 125 Å². The van der Waals surface area contributed by atoms with Gasteiger partial charge in [0.2, 0.25) is 10.0 Å². The molecule has 0 unspecified atom stereocenters. The average Bonchev–Trinajstić information content (AvgIpc) is 2.41. The third kappa shape index (κ3) is 3.32. The fraction of sp³-hybridized carbons (Fsp3) is 0.538. The fourth-order valence-electron chi connectivity index (χ4n) is 2.20. The van der Waals surface area contributed by atoms with Gasteiger partial charge in [0.15, 0.2) is 0 Å². The van der Waals surface area contributed by atoms with Crippen LogP contribution in [0.2, 0.25) is 5.02 Å². The van der Waals surface area contributed by atoms with E-state index in [-0.39, 0.29) is 4.90 Å². The van der Waals surface area contributed by atoms with Gasteiger partial charge in [-0.2, -0.15) is 4.31 Å². The second-order valence-corrected chi connectivity index (χ2v) is 7.34. The van der Waals surface area contributed by atoms with Gasteiger partial charge < -0.3 is 10.2 Å². The minimum atomic E-state index is -3.44. The number of halogens is 1. The van der Waals surface area contributed by atoms with Gasteiger partial charge in [0.05, 0.1) is 4.90 Å². The maximum Gasteiger partial charge on any atom is 0.243 e. The van der Waals surface area contributed by atoms with Crippen molar-refractivity contribution in [3.05, 3.63) is 28.8 Å². The highest BCUT2D eigenvalue weighted by Gasteiger charge is 2.27. The summed E-state index contributed by atoms with van der Waals surface area (Å²) in [6.07, 6.45) is 0. The predicted molar refractivity (Wildman–Crippen MR) is 80.5 cm³/mol. The molecule has 1 aromatic rings. The second-order valence-electron chi connectivity index (χ2n) is 4.99. The van der Waals surface area contributed by atoms with E-state index in [9.17, 15) is 8.42 Å². The summed E-state index contributed by atoms with van der Waals surface area (Å²) in [6, 6.07) is 4.94. The van der Waals surface area contributed by atoms with Crippen molar-refractivity contribution in [3.8, 4) is 0 Å². The van der Waals surface area contributed by atoms with E-state index >= 15 is 0 Å². The molecule has 7 heteroatoms. The van der Waals surface area contributed by atoms with Gasteiger partial charge >= 0.3 is 0 Å². The highest BCUT2D eigenvalue weighted by Crippen LogP contribution is 2.24. The Morgan fingerprint density at radius 3 is 2.45 bits per heavy atom. The van der Waals surface area contributed by atoms with Crippen molar-refractivity contribution < 1.29 is 8.42 Å². The number of rotatable bonds is 4. The summed E-state index contributed by atoms with van der Waals surface area (Å²) >= 11 is 6.15. The summed E-state index contributed by atoms with van der Waals surface area (Å²) in [5.74, 6) is 0. The Balaban J connectivity index is 2.23. The van der Waals surface area contributed by atoms with E-state index in [1.54, 1.807) is 18.2 Å². The zero-order chi connectivity index (χ0) is 14.8. The molecular weight excluding hydrogens is 298 g/mol. The molecule has 1 aromatic carbocycles. The number of piperazine rings is 1. The second kappa shape index (κ2) is 6.41. The summed E-state index contributed by atoms with van der Waals surface area (Å²) < 4.78 is 26.6. The summed E-state index contributed by atoms with van der Waals surface area (Å²) in [5.41, 5.74) is 0.895. The van der Waals surface area contributed by atoms with Crippen LogP contribution >= 0.6 is 11.6 Å². The number of nitrogens with one attached hydrogen (secondary N) is 1. The maximum atomic E-state index is 12.5. The van der Waals surface area contributed by atoms with Gasteiger partial charge in [0, 0.05) is 37.7 Å². The predicted octanol–water partition coefficient (Wildman–Crippen LogP) is 0.996. The van der Waals surface area contributed by atoms with Gasteiger partial charge in [-0.25, -0.2) is 8.42 Å². The molecule has 0 radical (unpaired) electrons. The third-order valence-electron chi connectivity index (χ3n) is 3.49. The molecule has 1 N–H and O–H groups in total. The van der Waals surface area contributed by atoms with E-state index in [1.165, 1.54) is 4.31 Å². The largest absolute Gasteiger partial charge is 0.316 e. The van der Waals surface area contributed by atoms with Gasteiger partial charge in [0.25, 0.3) is 0 Å². The van der Waals surface area contributed by atoms with Crippen LogP contribution in [0.1, 0.15) is 5.56 Å². The lowest BCUT2D eigenvalue weighted by Crippen LogP contribution is -2.47. The van der Waals surface area contributed by atoms with E-state index in [0.717, 1.165) is 18.7 Å². The van der Waals surface area contributed by atoms with Crippen molar-refractivity contribution in [1.82, 2.24) is 14.5 Å². The normalized spacial score (nSPS) is 18.4. The quantitative estimate of drug-likeness (QED) is 0.900. The number of likely N-dealkylation sites (N-methyl/N-ethyl adjacent to an activating group) is 1. The summed E-state index contributed by atoms with van der Waals surface area (Å²) in [5, 5.41) is 3.48. The molecule has 1 fully saturated rings. The lowest BCUT2D eigenvalue weighted by atomic mass is 10.2. The molecule has 0 aliphatic carbocycles. The van der Waals surface area contributed by atoms with Crippen LogP contribution in [0.25, 0.3) is 0 Å². The minimum absolute atomic E-state index is 0.270. The summed E-state index contributed by atoms with van der Waals surface area (Å²) in [7, 11) is 0.380. The van der Waals surface area contributed by atoms with E-state index in [0.29, 0.717) is 24.7 Å². The smallest absolute Gasteiger partial charge is 0.243 e. The Morgan fingerprint density at radius 1 is 1.25 bits per heavy atom. The molecule has 1 heterocycles. The molecular formula is C13H20ClN3O2S. The van der Waals surface area contributed by atoms with Crippen LogP contribution in [-0.4, -0.2) is 57.9 Å². The first-order valence-electron chi connectivity index (χ1n) is 6.57. The van der Waals surface area contributed by atoms with Gasteiger partial charge in [-0.05, 0) is 31.8 Å². The first kappa shape index (κ1) is 15.7. The SMILES string of the molecule is CNCc1ccc(S(=O)(=O)N2CCN(C)CC2)cc1Cl. The topological polar surface area (TPSA) is 52.7 Å². The van der Waals surface area contributed by atoms with E-state index in [1.807, 2.05) is 14.1 Å². The number of hydrogen-bond donors (Lipinski definition) is 1. The number of hydrogen-bond acceptors (Lipinski definition) is 4. The lowest BCUT2D eigenvalue weighted by Gasteiger charge is -2.31. The van der Waals surface area contributed by atoms with Crippen molar-refractivity contribution in [2.75, 3.05) is 40.3 Å². The Kier molecular flexibility index (Phi) is 5.04. The van der Waals surface area contributed by atoms with Crippen LogP contribution in [0.5, 0.6) is 0 Å². The fourth-order valence-corrected chi connectivity index (χ4v) is 3.96. The van der Waals surface area contributed by atoms with E-state index in [2.05, 4.69) is 10.2 Å². The Morgan fingerprint density at radius 2 is 1.90 bits per heavy atom. The molecule has 0 bridgehead atoms. The first-order valence-corrected chi connectivity index (χ1v) is 8.38. The lowest BCUT2D eigenvalue weighted by molar-refractivity contribution is 0.222. The summed E-state index contributed by atoms with van der Waals surface area (Å²) in [4.78, 5) is 2.39. The number of benzene rings is 1. The van der Waals surface area contributed by atoms with Crippen molar-refractivity contribution in [3.63, 3.8) is 0 Å². The van der Waals surface area contributed by atoms with Crippen LogP contribution in [0.3, 0.4) is 0 Å². The molecule has 0 atom stereocenters.